The number of hydrogen-bond donors (Lipinski definition) is 1. The molecule has 2 amide bonds. The first-order valence-corrected chi connectivity index (χ1v) is 11.2. The van der Waals surface area contributed by atoms with Gasteiger partial charge in [-0.2, -0.15) is 4.68 Å². The maximum absolute atomic E-state index is 13.0. The van der Waals surface area contributed by atoms with E-state index in [2.05, 4.69) is 10.4 Å². The van der Waals surface area contributed by atoms with Crippen molar-refractivity contribution in [3.8, 4) is 0 Å². The molecule has 0 bridgehead atoms. The number of fused-ring (bicyclic) bond motifs is 1. The van der Waals surface area contributed by atoms with E-state index < -0.39 is 23.1 Å². The Morgan fingerprint density at radius 2 is 1.91 bits per heavy atom. The Bertz CT molecular complexity index is 1140. The highest BCUT2D eigenvalue weighted by atomic mass is 35.5. The number of benzene rings is 1. The number of likely N-dealkylation sites (tertiary alicyclic amines) is 1. The molecule has 11 heteroatoms. The first-order valence-electron chi connectivity index (χ1n) is 11.2. The molecule has 10 nitrogen and oxygen atoms in total. The predicted molar refractivity (Wildman–Crippen MR) is 127 cm³/mol. The summed E-state index contributed by atoms with van der Waals surface area (Å²) in [6.07, 6.45) is 2.24. The van der Waals surface area contributed by atoms with Gasteiger partial charge >= 0.3 is 5.76 Å². The lowest BCUT2D eigenvalue weighted by molar-refractivity contribution is -0.131. The number of amides is 2. The molecule has 1 atom stereocenters. The van der Waals surface area contributed by atoms with Gasteiger partial charge in [-0.3, -0.25) is 14.4 Å². The number of aryl methyl sites for hydroxylation is 1. The molecule has 1 N–H and O–H groups in total. The van der Waals surface area contributed by atoms with Crippen LogP contribution in [0.3, 0.4) is 0 Å². The van der Waals surface area contributed by atoms with Crippen molar-refractivity contribution < 1.29 is 18.8 Å². The average molecular weight is 492 g/mol. The molecule has 3 heterocycles. The van der Waals surface area contributed by atoms with Crippen molar-refractivity contribution in [3.05, 3.63) is 46.3 Å². The van der Waals surface area contributed by atoms with Gasteiger partial charge in [0.15, 0.2) is 0 Å². The summed E-state index contributed by atoms with van der Waals surface area (Å²) in [6.45, 7) is 4.86. The van der Waals surface area contributed by atoms with Crippen molar-refractivity contribution >= 4 is 35.7 Å². The summed E-state index contributed by atoms with van der Waals surface area (Å²) in [5, 5.41) is 7.00. The van der Waals surface area contributed by atoms with E-state index in [0.29, 0.717) is 25.9 Å². The van der Waals surface area contributed by atoms with Crippen molar-refractivity contribution in [2.24, 2.45) is 7.05 Å². The molecule has 2 aliphatic rings. The van der Waals surface area contributed by atoms with E-state index in [0.717, 1.165) is 16.8 Å². The van der Waals surface area contributed by atoms with E-state index in [1.165, 1.54) is 17.5 Å². The quantitative estimate of drug-likeness (QED) is 0.580. The van der Waals surface area contributed by atoms with Gasteiger partial charge in [-0.25, -0.2) is 4.79 Å². The number of aromatic nitrogens is 2. The van der Waals surface area contributed by atoms with Crippen molar-refractivity contribution in [2.45, 2.75) is 51.1 Å². The fourth-order valence-corrected chi connectivity index (χ4v) is 4.48. The number of carbonyl (C=O) groups is 3. The van der Waals surface area contributed by atoms with Gasteiger partial charge in [-0.1, -0.05) is 18.2 Å². The summed E-state index contributed by atoms with van der Waals surface area (Å²) in [6, 6.07) is 7.19. The Morgan fingerprint density at radius 1 is 1.18 bits per heavy atom. The van der Waals surface area contributed by atoms with Crippen LogP contribution in [0.25, 0.3) is 0 Å². The third kappa shape index (κ3) is 5.23. The molecule has 0 radical (unpaired) electrons. The molecule has 1 fully saturated rings. The highest BCUT2D eigenvalue weighted by Crippen LogP contribution is 2.29. The lowest BCUT2D eigenvalue weighted by Gasteiger charge is -2.30. The van der Waals surface area contributed by atoms with Gasteiger partial charge in [0.25, 0.3) is 5.89 Å². The smallest absolute Gasteiger partial charge is 0.384 e. The minimum absolute atomic E-state index is 0. The Kier molecular flexibility index (Phi) is 7.62. The third-order valence-corrected chi connectivity index (χ3v) is 6.28. The van der Waals surface area contributed by atoms with Gasteiger partial charge in [0, 0.05) is 37.8 Å². The molecule has 4 rings (SSSR count). The SMILES string of the molecule is Cl.Cn1nc(C(=O)[C@@H]2CCCN2C(=O)CNC(C)(C)CC(=O)N2CCc3ccccc32)oc1=O. The minimum atomic E-state index is -0.720. The first-order chi connectivity index (χ1) is 15.7. The summed E-state index contributed by atoms with van der Waals surface area (Å²) in [5.74, 6) is -1.71. The summed E-state index contributed by atoms with van der Waals surface area (Å²) < 4.78 is 5.85. The van der Waals surface area contributed by atoms with E-state index >= 15 is 0 Å². The second kappa shape index (κ2) is 10.1. The van der Waals surface area contributed by atoms with E-state index in [4.69, 9.17) is 4.42 Å². The molecular formula is C23H30ClN5O5. The number of nitrogens with one attached hydrogen (secondary N) is 1. The molecule has 1 saturated heterocycles. The Labute approximate surface area is 203 Å². The lowest BCUT2D eigenvalue weighted by Crippen LogP contribution is -2.51. The summed E-state index contributed by atoms with van der Waals surface area (Å²) in [7, 11) is 1.40. The van der Waals surface area contributed by atoms with Crippen LogP contribution < -0.4 is 16.0 Å². The molecule has 2 aromatic rings. The van der Waals surface area contributed by atoms with Crippen LogP contribution in [0.4, 0.5) is 5.69 Å². The maximum atomic E-state index is 13.0. The van der Waals surface area contributed by atoms with Crippen LogP contribution in [0.1, 0.15) is 49.4 Å². The molecule has 1 aromatic heterocycles. The normalized spacial score (nSPS) is 17.4. The Morgan fingerprint density at radius 3 is 2.62 bits per heavy atom. The summed E-state index contributed by atoms with van der Waals surface area (Å²) >= 11 is 0. The summed E-state index contributed by atoms with van der Waals surface area (Å²) in [4.78, 5) is 53.4. The number of halogens is 1. The van der Waals surface area contributed by atoms with E-state index in [9.17, 15) is 19.2 Å². The number of anilines is 1. The minimum Gasteiger partial charge on any atom is -0.384 e. The van der Waals surface area contributed by atoms with Crippen LogP contribution in [0.15, 0.2) is 33.5 Å². The molecule has 184 valence electrons. The zero-order chi connectivity index (χ0) is 23.8. The van der Waals surface area contributed by atoms with Crippen LogP contribution in [0.5, 0.6) is 0 Å². The zero-order valence-electron chi connectivity index (χ0n) is 19.6. The van der Waals surface area contributed by atoms with Gasteiger partial charge in [0.2, 0.25) is 17.6 Å². The fraction of sp³-hybridized carbons (Fsp3) is 0.522. The van der Waals surface area contributed by atoms with E-state index in [-0.39, 0.29) is 43.1 Å². The van der Waals surface area contributed by atoms with Crippen molar-refractivity contribution in [1.29, 1.82) is 0 Å². The molecule has 0 unspecified atom stereocenters. The number of nitrogens with zero attached hydrogens (tertiary/aromatic N) is 4. The lowest BCUT2D eigenvalue weighted by atomic mass is 9.99. The summed E-state index contributed by atoms with van der Waals surface area (Å²) in [5.41, 5.74) is 1.51. The first kappa shape index (κ1) is 25.6. The van der Waals surface area contributed by atoms with Crippen LogP contribution >= 0.6 is 12.4 Å². The number of hydrogen-bond acceptors (Lipinski definition) is 7. The molecular weight excluding hydrogens is 462 g/mol. The molecule has 1 aromatic carbocycles. The van der Waals surface area contributed by atoms with Gasteiger partial charge < -0.3 is 19.5 Å². The van der Waals surface area contributed by atoms with Crippen molar-refractivity contribution in [2.75, 3.05) is 24.5 Å². The van der Waals surface area contributed by atoms with Gasteiger partial charge in [0.05, 0.1) is 6.54 Å². The highest BCUT2D eigenvalue weighted by molar-refractivity contribution is 5.99. The topological polar surface area (TPSA) is 118 Å². The number of Topliss-reactive ketones (excluding diaryl/α,β-unsaturated/α-hetero) is 1. The molecule has 34 heavy (non-hydrogen) atoms. The molecule has 2 aliphatic heterocycles. The molecule has 0 saturated carbocycles. The number of ketones is 1. The monoisotopic (exact) mass is 491 g/mol. The zero-order valence-corrected chi connectivity index (χ0v) is 20.4. The number of carbonyl (C=O) groups excluding carboxylic acids is 3. The van der Waals surface area contributed by atoms with Crippen LogP contribution in [-0.2, 0) is 23.1 Å². The standard InChI is InChI=1S/C23H29N5O5.ClH/c1-23(2,13-18(29)28-12-10-15-7-4-5-8-16(15)28)24-14-19(30)27-11-6-9-17(27)20(31)21-25-26(3)22(32)33-21;/h4-5,7-8,17,24H,6,9-14H2,1-3H3;1H/t17-;/m0./s1. The highest BCUT2D eigenvalue weighted by Gasteiger charge is 2.37. The van der Waals surface area contributed by atoms with E-state index in [1.54, 1.807) is 4.90 Å². The maximum Gasteiger partial charge on any atom is 0.437 e. The average Bonchev–Trinajstić information content (AvgIpc) is 3.50. The third-order valence-electron chi connectivity index (χ3n) is 6.28. The second-order valence-electron chi connectivity index (χ2n) is 9.24. The van der Waals surface area contributed by atoms with Crippen LogP contribution in [0, 0.1) is 0 Å². The predicted octanol–water partition coefficient (Wildman–Crippen LogP) is 1.32. The van der Waals surface area contributed by atoms with Gasteiger partial charge in [-0.05, 0) is 44.7 Å². The number of rotatable bonds is 7. The van der Waals surface area contributed by atoms with Crippen LogP contribution in [0.2, 0.25) is 0 Å². The van der Waals surface area contributed by atoms with Crippen molar-refractivity contribution in [3.63, 3.8) is 0 Å². The fourth-order valence-electron chi connectivity index (χ4n) is 4.48. The van der Waals surface area contributed by atoms with Crippen molar-refractivity contribution in [1.82, 2.24) is 20.0 Å². The Balaban J connectivity index is 0.00000324. The Hall–Kier alpha value is -2.98. The van der Waals surface area contributed by atoms with Crippen LogP contribution in [-0.4, -0.2) is 63.5 Å². The molecule has 0 aliphatic carbocycles. The second-order valence-corrected chi connectivity index (χ2v) is 9.24. The van der Waals surface area contributed by atoms with Gasteiger partial charge in [0.1, 0.15) is 6.04 Å². The largest absolute Gasteiger partial charge is 0.437 e. The van der Waals surface area contributed by atoms with Gasteiger partial charge in [-0.15, -0.1) is 17.5 Å². The molecule has 0 spiro atoms. The van der Waals surface area contributed by atoms with E-state index in [1.807, 2.05) is 38.1 Å². The number of para-hydroxylation sites is 1.